The van der Waals surface area contributed by atoms with E-state index in [1.165, 1.54) is 18.3 Å². The number of rotatable bonds is 5. The van der Waals surface area contributed by atoms with Crippen molar-refractivity contribution < 1.29 is 29.6 Å². The molecule has 0 aliphatic carbocycles. The molecule has 10 heteroatoms. The van der Waals surface area contributed by atoms with Crippen LogP contribution in [0.15, 0.2) is 29.7 Å². The molecule has 1 aliphatic rings. The zero-order chi connectivity index (χ0) is 17.0. The van der Waals surface area contributed by atoms with Crippen molar-refractivity contribution in [2.75, 3.05) is 18.1 Å². The van der Waals surface area contributed by atoms with Crippen molar-refractivity contribution in [3.63, 3.8) is 0 Å². The molecule has 1 aromatic heterocycles. The van der Waals surface area contributed by atoms with Gasteiger partial charge in [0.1, 0.15) is 30.7 Å². The monoisotopic (exact) mass is 327 g/mol. The lowest BCUT2D eigenvalue weighted by Gasteiger charge is -2.28. The maximum absolute atomic E-state index is 12.2. The fourth-order valence-electron chi connectivity index (χ4n) is 2.12. The first-order valence-corrected chi connectivity index (χ1v) is 6.74. The van der Waals surface area contributed by atoms with E-state index in [1.807, 2.05) is 0 Å². The molecule has 126 valence electrons. The van der Waals surface area contributed by atoms with E-state index in [1.54, 1.807) is 0 Å². The summed E-state index contributed by atoms with van der Waals surface area (Å²) in [5, 5.41) is 29.0. The van der Waals surface area contributed by atoms with Crippen molar-refractivity contribution in [2.24, 2.45) is 0 Å². The largest absolute Gasteiger partial charge is 0.445 e. The fourth-order valence-corrected chi connectivity index (χ4v) is 2.12. The van der Waals surface area contributed by atoms with Gasteiger partial charge in [0.2, 0.25) is 0 Å². The van der Waals surface area contributed by atoms with Crippen LogP contribution in [-0.2, 0) is 9.47 Å². The highest BCUT2D eigenvalue weighted by Gasteiger charge is 2.48. The molecular weight excluding hydrogens is 310 g/mol. The highest BCUT2D eigenvalue weighted by atomic mass is 16.6. The number of nitrogens with one attached hydrogen (secondary N) is 1. The Kier molecular flexibility index (Phi) is 5.45. The summed E-state index contributed by atoms with van der Waals surface area (Å²) in [4.78, 5) is 30.3. The molecule has 1 aromatic rings. The predicted octanol–water partition coefficient (Wildman–Crippen LogP) is -1.66. The molecular formula is C13H17N3O7. The lowest BCUT2D eigenvalue weighted by atomic mass is 10.1. The van der Waals surface area contributed by atoms with E-state index in [2.05, 4.69) is 16.5 Å². The predicted molar refractivity (Wildman–Crippen MR) is 76.6 cm³/mol. The average molecular weight is 327 g/mol. The molecule has 0 saturated carbocycles. The molecule has 1 saturated heterocycles. The Morgan fingerprint density at radius 3 is 2.83 bits per heavy atom. The summed E-state index contributed by atoms with van der Waals surface area (Å²) in [7, 11) is 0. The van der Waals surface area contributed by atoms with Crippen molar-refractivity contribution in [1.82, 2.24) is 9.97 Å². The highest BCUT2D eigenvalue weighted by Crippen LogP contribution is 2.27. The third kappa shape index (κ3) is 3.56. The van der Waals surface area contributed by atoms with Crippen LogP contribution in [0.25, 0.3) is 0 Å². The van der Waals surface area contributed by atoms with Crippen LogP contribution in [0.1, 0.15) is 0 Å². The Balaban J connectivity index is 2.35. The minimum absolute atomic E-state index is 0.118. The Morgan fingerprint density at radius 2 is 2.26 bits per heavy atom. The van der Waals surface area contributed by atoms with Crippen molar-refractivity contribution in [1.29, 1.82) is 0 Å². The number of aliphatic hydroxyl groups is 3. The van der Waals surface area contributed by atoms with Gasteiger partial charge in [0, 0.05) is 6.20 Å². The normalized spacial score (nSPS) is 26.7. The standard InChI is InChI=1S/C13H17N3O7/c1-2-5-22-13(21)16(8-3-4-14-12(20)15-8)11-10(19)9(18)7(6-17)23-11/h2-4,7,9-11,17-19H,1,5-6H2,(H,14,15,20)/t7-,9-,10+,11?/m1/s1. The number of aromatic nitrogens is 2. The van der Waals surface area contributed by atoms with E-state index in [0.29, 0.717) is 0 Å². The van der Waals surface area contributed by atoms with Crippen LogP contribution in [-0.4, -0.2) is 69.1 Å². The molecule has 10 nitrogen and oxygen atoms in total. The maximum atomic E-state index is 12.2. The van der Waals surface area contributed by atoms with Crippen molar-refractivity contribution in [3.8, 4) is 0 Å². The fraction of sp³-hybridized carbons (Fsp3) is 0.462. The number of amides is 1. The van der Waals surface area contributed by atoms with Crippen molar-refractivity contribution >= 4 is 11.9 Å². The Bertz CT molecular complexity index is 620. The summed E-state index contributed by atoms with van der Waals surface area (Å²) in [6.07, 6.45) is -3.79. The number of aliphatic hydroxyl groups excluding tert-OH is 3. The second-order valence-electron chi connectivity index (χ2n) is 4.72. The summed E-state index contributed by atoms with van der Waals surface area (Å²) in [5.41, 5.74) is -0.726. The molecule has 1 fully saturated rings. The van der Waals surface area contributed by atoms with E-state index < -0.39 is 42.9 Å². The number of H-pyrrole nitrogens is 1. The first kappa shape index (κ1) is 17.1. The molecule has 2 heterocycles. The maximum Gasteiger partial charge on any atom is 0.418 e. The number of carbonyl (C=O) groups is 1. The van der Waals surface area contributed by atoms with Crippen molar-refractivity contribution in [3.05, 3.63) is 35.4 Å². The molecule has 1 unspecified atom stereocenters. The van der Waals surface area contributed by atoms with Gasteiger partial charge >= 0.3 is 11.8 Å². The zero-order valence-electron chi connectivity index (χ0n) is 12.0. The van der Waals surface area contributed by atoms with E-state index in [-0.39, 0.29) is 12.4 Å². The third-order valence-corrected chi connectivity index (χ3v) is 3.20. The van der Waals surface area contributed by atoms with E-state index in [9.17, 15) is 19.8 Å². The van der Waals surface area contributed by atoms with Gasteiger partial charge in [-0.25, -0.2) is 14.5 Å². The number of nitrogens with zero attached hydrogens (tertiary/aromatic N) is 2. The first-order valence-electron chi connectivity index (χ1n) is 6.74. The Morgan fingerprint density at radius 1 is 1.52 bits per heavy atom. The molecule has 4 N–H and O–H groups in total. The SMILES string of the molecule is C=CCOC(=O)N(c1cc[nH]c(=O)n1)C1O[C@H](CO)[C@@H](O)[C@@H]1O. The molecule has 0 aromatic carbocycles. The summed E-state index contributed by atoms with van der Waals surface area (Å²) < 4.78 is 10.2. The van der Waals surface area contributed by atoms with E-state index >= 15 is 0 Å². The van der Waals surface area contributed by atoms with Gasteiger partial charge < -0.3 is 29.8 Å². The van der Waals surface area contributed by atoms with E-state index in [0.717, 1.165) is 4.90 Å². The average Bonchev–Trinajstić information content (AvgIpc) is 2.81. The molecule has 0 bridgehead atoms. The van der Waals surface area contributed by atoms with Crippen molar-refractivity contribution in [2.45, 2.75) is 24.5 Å². The van der Waals surface area contributed by atoms with Crippen LogP contribution in [0.3, 0.4) is 0 Å². The Labute approximate surface area is 130 Å². The second kappa shape index (κ2) is 7.33. The number of hydrogen-bond acceptors (Lipinski definition) is 8. The summed E-state index contributed by atoms with van der Waals surface area (Å²) in [6, 6.07) is 1.30. The topological polar surface area (TPSA) is 145 Å². The molecule has 1 aliphatic heterocycles. The highest BCUT2D eigenvalue weighted by molar-refractivity contribution is 5.87. The summed E-state index contributed by atoms with van der Waals surface area (Å²) >= 11 is 0. The number of ether oxygens (including phenoxy) is 2. The van der Waals surface area contributed by atoms with Crippen LogP contribution < -0.4 is 10.6 Å². The quantitative estimate of drug-likeness (QED) is 0.470. The third-order valence-electron chi connectivity index (χ3n) is 3.20. The van der Waals surface area contributed by atoms with Crippen LogP contribution >= 0.6 is 0 Å². The number of hydrogen-bond donors (Lipinski definition) is 4. The molecule has 23 heavy (non-hydrogen) atoms. The van der Waals surface area contributed by atoms with Gasteiger partial charge in [0.25, 0.3) is 0 Å². The van der Waals surface area contributed by atoms with Gasteiger partial charge in [-0.15, -0.1) is 0 Å². The minimum atomic E-state index is -1.52. The lowest BCUT2D eigenvalue weighted by molar-refractivity contribution is -0.0224. The van der Waals surface area contributed by atoms with Gasteiger partial charge in [-0.1, -0.05) is 12.7 Å². The number of anilines is 1. The summed E-state index contributed by atoms with van der Waals surface area (Å²) in [5.74, 6) is -0.141. The van der Waals surface area contributed by atoms with Gasteiger partial charge in [0.05, 0.1) is 6.61 Å². The minimum Gasteiger partial charge on any atom is -0.445 e. The van der Waals surface area contributed by atoms with Gasteiger partial charge in [-0.3, -0.25) is 0 Å². The summed E-state index contributed by atoms with van der Waals surface area (Å²) in [6.45, 7) is 2.73. The first-order chi connectivity index (χ1) is 11.0. The second-order valence-corrected chi connectivity index (χ2v) is 4.72. The van der Waals surface area contributed by atoms with Gasteiger partial charge in [-0.2, -0.15) is 4.98 Å². The molecule has 0 radical (unpaired) electrons. The number of aromatic amines is 1. The molecule has 1 amide bonds. The molecule has 2 rings (SSSR count). The molecule has 4 atom stereocenters. The van der Waals surface area contributed by atoms with Crippen LogP contribution in [0.2, 0.25) is 0 Å². The van der Waals surface area contributed by atoms with Gasteiger partial charge in [-0.05, 0) is 6.07 Å². The Hall–Kier alpha value is -2.27. The van der Waals surface area contributed by atoms with Crippen LogP contribution in [0.4, 0.5) is 10.6 Å². The molecule has 0 spiro atoms. The smallest absolute Gasteiger partial charge is 0.418 e. The van der Waals surface area contributed by atoms with Crippen LogP contribution in [0.5, 0.6) is 0 Å². The van der Waals surface area contributed by atoms with Gasteiger partial charge in [0.15, 0.2) is 6.23 Å². The van der Waals surface area contributed by atoms with Crippen LogP contribution in [0, 0.1) is 0 Å². The zero-order valence-corrected chi connectivity index (χ0v) is 12.0. The number of carbonyl (C=O) groups excluding carboxylic acids is 1. The lowest BCUT2D eigenvalue weighted by Crippen LogP contribution is -2.48. The van der Waals surface area contributed by atoms with E-state index in [4.69, 9.17) is 14.6 Å².